The van der Waals surface area contributed by atoms with Crippen molar-refractivity contribution in [3.8, 4) is 0 Å². The Morgan fingerprint density at radius 1 is 1.47 bits per heavy atom. The van der Waals surface area contributed by atoms with Gasteiger partial charge in [0.25, 0.3) is 5.91 Å². The minimum Gasteiger partial charge on any atom is -0.477 e. The van der Waals surface area contributed by atoms with Crippen molar-refractivity contribution < 1.29 is 14.7 Å². The number of aromatic nitrogens is 1. The average Bonchev–Trinajstić information content (AvgIpc) is 2.38. The van der Waals surface area contributed by atoms with Gasteiger partial charge in [-0.15, -0.1) is 0 Å². The smallest absolute Gasteiger partial charge is 0.354 e. The zero-order chi connectivity index (χ0) is 14.4. The van der Waals surface area contributed by atoms with Gasteiger partial charge in [-0.25, -0.2) is 9.78 Å². The molecule has 0 aliphatic rings. The molecule has 0 aromatic carbocycles. The van der Waals surface area contributed by atoms with Crippen molar-refractivity contribution in [3.63, 3.8) is 0 Å². The van der Waals surface area contributed by atoms with E-state index in [4.69, 9.17) is 5.11 Å². The first kappa shape index (κ1) is 15.1. The van der Waals surface area contributed by atoms with E-state index in [0.717, 1.165) is 6.54 Å². The van der Waals surface area contributed by atoms with Gasteiger partial charge in [0.15, 0.2) is 0 Å². The van der Waals surface area contributed by atoms with Crippen molar-refractivity contribution in [3.05, 3.63) is 29.6 Å². The van der Waals surface area contributed by atoms with Crippen molar-refractivity contribution in [1.29, 1.82) is 0 Å². The third kappa shape index (κ3) is 4.67. The number of carbonyl (C=O) groups excluding carboxylic acids is 1. The number of rotatable bonds is 6. The molecule has 0 saturated heterocycles. The maximum Gasteiger partial charge on any atom is 0.354 e. The third-order valence-corrected chi connectivity index (χ3v) is 2.87. The number of likely N-dealkylation sites (N-methyl/N-ethyl adjacent to an activating group) is 1. The number of hydrogen-bond acceptors (Lipinski definition) is 4. The molecule has 0 radical (unpaired) electrons. The standard InChI is InChI=1S/C13H19N3O3/c1-9(2)16(3)7-6-15-12(17)10-4-5-14-11(8-10)13(18)19/h4-5,8-9H,6-7H2,1-3H3,(H,15,17)(H,18,19). The Hall–Kier alpha value is -1.95. The monoisotopic (exact) mass is 265 g/mol. The molecule has 1 amide bonds. The highest BCUT2D eigenvalue weighted by atomic mass is 16.4. The number of pyridine rings is 1. The molecule has 0 spiro atoms. The van der Waals surface area contributed by atoms with E-state index < -0.39 is 5.97 Å². The zero-order valence-electron chi connectivity index (χ0n) is 11.4. The van der Waals surface area contributed by atoms with Crippen LogP contribution in [0.5, 0.6) is 0 Å². The van der Waals surface area contributed by atoms with E-state index in [-0.39, 0.29) is 11.6 Å². The summed E-state index contributed by atoms with van der Waals surface area (Å²) in [7, 11) is 1.98. The van der Waals surface area contributed by atoms with Crippen molar-refractivity contribution >= 4 is 11.9 Å². The summed E-state index contributed by atoms with van der Waals surface area (Å²) in [5.41, 5.74) is 0.173. The predicted molar refractivity (Wildman–Crippen MR) is 71.3 cm³/mol. The normalized spacial score (nSPS) is 10.8. The van der Waals surface area contributed by atoms with Gasteiger partial charge >= 0.3 is 5.97 Å². The Bertz CT molecular complexity index is 460. The van der Waals surface area contributed by atoms with E-state index in [1.54, 1.807) is 0 Å². The first-order valence-electron chi connectivity index (χ1n) is 6.09. The van der Waals surface area contributed by atoms with Crippen LogP contribution in [0, 0.1) is 0 Å². The largest absolute Gasteiger partial charge is 0.477 e. The second-order valence-electron chi connectivity index (χ2n) is 4.57. The number of aromatic carboxylic acids is 1. The Morgan fingerprint density at radius 2 is 2.16 bits per heavy atom. The lowest BCUT2D eigenvalue weighted by Gasteiger charge is -2.20. The highest BCUT2D eigenvalue weighted by Gasteiger charge is 2.10. The Labute approximate surface area is 112 Å². The summed E-state index contributed by atoms with van der Waals surface area (Å²) in [6.45, 7) is 5.40. The molecule has 0 aliphatic heterocycles. The van der Waals surface area contributed by atoms with Crippen LogP contribution in [0.3, 0.4) is 0 Å². The van der Waals surface area contributed by atoms with Gasteiger partial charge in [0.1, 0.15) is 5.69 Å². The Balaban J connectivity index is 2.54. The highest BCUT2D eigenvalue weighted by molar-refractivity contribution is 5.96. The summed E-state index contributed by atoms with van der Waals surface area (Å²) < 4.78 is 0. The molecule has 1 rings (SSSR count). The summed E-state index contributed by atoms with van der Waals surface area (Å²) in [6, 6.07) is 3.18. The minimum atomic E-state index is -1.14. The van der Waals surface area contributed by atoms with Gasteiger partial charge in [-0.1, -0.05) is 0 Å². The molecule has 2 N–H and O–H groups in total. The molecule has 6 heteroatoms. The van der Waals surface area contributed by atoms with E-state index in [2.05, 4.69) is 29.0 Å². The number of carbonyl (C=O) groups is 2. The fraction of sp³-hybridized carbons (Fsp3) is 0.462. The van der Waals surface area contributed by atoms with Crippen LogP contribution >= 0.6 is 0 Å². The SMILES string of the molecule is CC(C)N(C)CCNC(=O)c1ccnc(C(=O)O)c1. The van der Waals surface area contributed by atoms with Gasteiger partial charge in [-0.3, -0.25) is 4.79 Å². The molecule has 19 heavy (non-hydrogen) atoms. The molecule has 1 aromatic rings. The first-order valence-corrected chi connectivity index (χ1v) is 6.09. The lowest BCUT2D eigenvalue weighted by Crippen LogP contribution is -2.36. The number of carboxylic acids is 1. The zero-order valence-corrected chi connectivity index (χ0v) is 11.4. The minimum absolute atomic E-state index is 0.132. The predicted octanol–water partition coefficient (Wildman–Crippen LogP) is 0.850. The molecule has 0 bridgehead atoms. The summed E-state index contributed by atoms with van der Waals surface area (Å²) >= 11 is 0. The highest BCUT2D eigenvalue weighted by Crippen LogP contribution is 2.02. The van der Waals surface area contributed by atoms with Crippen LogP contribution in [0.1, 0.15) is 34.7 Å². The molecular weight excluding hydrogens is 246 g/mol. The molecular formula is C13H19N3O3. The number of nitrogens with zero attached hydrogens (tertiary/aromatic N) is 2. The van der Waals surface area contributed by atoms with Crippen LogP contribution in [-0.2, 0) is 0 Å². The number of hydrogen-bond donors (Lipinski definition) is 2. The maximum absolute atomic E-state index is 11.8. The average molecular weight is 265 g/mol. The fourth-order valence-electron chi connectivity index (χ4n) is 1.39. The molecule has 0 saturated carbocycles. The number of amides is 1. The third-order valence-electron chi connectivity index (χ3n) is 2.87. The van der Waals surface area contributed by atoms with Crippen LogP contribution in [-0.4, -0.2) is 53.0 Å². The summed E-state index contributed by atoms with van der Waals surface area (Å²) in [5, 5.41) is 11.5. The second-order valence-corrected chi connectivity index (χ2v) is 4.57. The molecule has 0 fully saturated rings. The Kier molecular flexibility index (Phi) is 5.44. The van der Waals surface area contributed by atoms with E-state index in [1.807, 2.05) is 7.05 Å². The lowest BCUT2D eigenvalue weighted by atomic mass is 10.2. The maximum atomic E-state index is 11.8. The van der Waals surface area contributed by atoms with Crippen LogP contribution in [0.25, 0.3) is 0 Å². The van der Waals surface area contributed by atoms with E-state index in [1.165, 1.54) is 18.3 Å². The first-order chi connectivity index (χ1) is 8.91. The van der Waals surface area contributed by atoms with Crippen LogP contribution in [0.2, 0.25) is 0 Å². The fourth-order valence-corrected chi connectivity index (χ4v) is 1.39. The van der Waals surface area contributed by atoms with Gasteiger partial charge in [0.2, 0.25) is 0 Å². The van der Waals surface area contributed by atoms with Gasteiger partial charge in [0.05, 0.1) is 0 Å². The van der Waals surface area contributed by atoms with Crippen molar-refractivity contribution in [1.82, 2.24) is 15.2 Å². The van der Waals surface area contributed by atoms with Crippen LogP contribution in [0.4, 0.5) is 0 Å². The Morgan fingerprint density at radius 3 is 2.74 bits per heavy atom. The van der Waals surface area contributed by atoms with Gasteiger partial charge < -0.3 is 15.3 Å². The van der Waals surface area contributed by atoms with Crippen LogP contribution in [0.15, 0.2) is 18.3 Å². The van der Waals surface area contributed by atoms with Gasteiger partial charge in [-0.05, 0) is 33.0 Å². The van der Waals surface area contributed by atoms with Crippen LogP contribution < -0.4 is 5.32 Å². The van der Waals surface area contributed by atoms with Crippen molar-refractivity contribution in [2.45, 2.75) is 19.9 Å². The number of carboxylic acid groups (broad SMARTS) is 1. The topological polar surface area (TPSA) is 82.5 Å². The van der Waals surface area contributed by atoms with Crippen molar-refractivity contribution in [2.75, 3.05) is 20.1 Å². The quantitative estimate of drug-likeness (QED) is 0.796. The molecule has 6 nitrogen and oxygen atoms in total. The van der Waals surface area contributed by atoms with Crippen molar-refractivity contribution in [2.24, 2.45) is 0 Å². The molecule has 0 atom stereocenters. The summed E-state index contributed by atoms with van der Waals surface area (Å²) in [4.78, 5) is 28.3. The van der Waals surface area contributed by atoms with Gasteiger partial charge in [-0.2, -0.15) is 0 Å². The number of nitrogens with one attached hydrogen (secondary N) is 1. The second kappa shape index (κ2) is 6.84. The lowest BCUT2D eigenvalue weighted by molar-refractivity contribution is 0.0690. The summed E-state index contributed by atoms with van der Waals surface area (Å²) in [6.07, 6.45) is 1.32. The van der Waals surface area contributed by atoms with Gasteiger partial charge in [0, 0.05) is 30.9 Å². The molecule has 0 unspecified atom stereocenters. The van der Waals surface area contributed by atoms with E-state index in [0.29, 0.717) is 18.2 Å². The molecule has 1 aromatic heterocycles. The molecule has 104 valence electrons. The summed E-state index contributed by atoms with van der Waals surface area (Å²) in [5.74, 6) is -1.43. The molecule has 1 heterocycles. The van der Waals surface area contributed by atoms with E-state index >= 15 is 0 Å². The van der Waals surface area contributed by atoms with E-state index in [9.17, 15) is 9.59 Å². The molecule has 0 aliphatic carbocycles.